The van der Waals surface area contributed by atoms with Gasteiger partial charge in [-0.05, 0) is 49.6 Å². The summed E-state index contributed by atoms with van der Waals surface area (Å²) in [6.45, 7) is 2.04. The molecule has 0 aliphatic heterocycles. The lowest BCUT2D eigenvalue weighted by Crippen LogP contribution is -2.15. The van der Waals surface area contributed by atoms with Crippen LogP contribution in [0.1, 0.15) is 18.9 Å². The fourth-order valence-corrected chi connectivity index (χ4v) is 2.42. The minimum Gasteiger partial charge on any atom is -0.461 e. The van der Waals surface area contributed by atoms with Crippen LogP contribution in [0.5, 0.6) is 0 Å². The SMILES string of the molecule is CC(N)CCc1ccc2c(c1)nc(-c1ccco1)n2C. The van der Waals surface area contributed by atoms with Crippen LogP contribution < -0.4 is 5.73 Å². The maximum atomic E-state index is 5.81. The molecule has 0 bridgehead atoms. The summed E-state index contributed by atoms with van der Waals surface area (Å²) < 4.78 is 7.50. The van der Waals surface area contributed by atoms with E-state index in [1.54, 1.807) is 6.26 Å². The number of furan rings is 1. The summed E-state index contributed by atoms with van der Waals surface area (Å²) in [7, 11) is 2.01. The Bertz CT molecular complexity index is 711. The van der Waals surface area contributed by atoms with Gasteiger partial charge in [0, 0.05) is 13.1 Å². The van der Waals surface area contributed by atoms with Gasteiger partial charge in [-0.2, -0.15) is 0 Å². The molecule has 0 fully saturated rings. The Morgan fingerprint density at radius 2 is 2.20 bits per heavy atom. The Morgan fingerprint density at radius 3 is 2.90 bits per heavy atom. The molecule has 4 nitrogen and oxygen atoms in total. The molecule has 3 aromatic rings. The lowest BCUT2D eigenvalue weighted by Gasteiger charge is -2.05. The summed E-state index contributed by atoms with van der Waals surface area (Å²) in [6.07, 6.45) is 3.65. The van der Waals surface area contributed by atoms with Gasteiger partial charge in [0.2, 0.25) is 0 Å². The minimum absolute atomic E-state index is 0.230. The normalized spacial score (nSPS) is 12.9. The van der Waals surface area contributed by atoms with Crippen LogP contribution in [0, 0.1) is 0 Å². The zero-order chi connectivity index (χ0) is 14.1. The molecule has 1 atom stereocenters. The third kappa shape index (κ3) is 2.34. The van der Waals surface area contributed by atoms with Crippen molar-refractivity contribution in [3.05, 3.63) is 42.2 Å². The summed E-state index contributed by atoms with van der Waals surface area (Å²) in [5.74, 6) is 1.65. The van der Waals surface area contributed by atoms with Gasteiger partial charge in [0.15, 0.2) is 11.6 Å². The van der Waals surface area contributed by atoms with E-state index in [1.165, 1.54) is 5.56 Å². The second-order valence-corrected chi connectivity index (χ2v) is 5.31. The highest BCUT2D eigenvalue weighted by Gasteiger charge is 2.12. The lowest BCUT2D eigenvalue weighted by atomic mass is 10.1. The number of hydrogen-bond acceptors (Lipinski definition) is 3. The predicted molar refractivity (Wildman–Crippen MR) is 80.4 cm³/mol. The van der Waals surface area contributed by atoms with E-state index in [0.29, 0.717) is 0 Å². The largest absolute Gasteiger partial charge is 0.461 e. The number of rotatable bonds is 4. The van der Waals surface area contributed by atoms with E-state index in [-0.39, 0.29) is 6.04 Å². The summed E-state index contributed by atoms with van der Waals surface area (Å²) >= 11 is 0. The van der Waals surface area contributed by atoms with Crippen molar-refractivity contribution in [1.82, 2.24) is 9.55 Å². The van der Waals surface area contributed by atoms with Gasteiger partial charge in [-0.3, -0.25) is 0 Å². The minimum atomic E-state index is 0.230. The van der Waals surface area contributed by atoms with E-state index >= 15 is 0 Å². The average Bonchev–Trinajstić information content (AvgIpc) is 3.04. The molecule has 1 unspecified atom stereocenters. The molecule has 0 aliphatic rings. The fourth-order valence-electron chi connectivity index (χ4n) is 2.42. The first kappa shape index (κ1) is 12.9. The van der Waals surface area contributed by atoms with Crippen molar-refractivity contribution < 1.29 is 4.42 Å². The molecule has 0 saturated carbocycles. The third-order valence-electron chi connectivity index (χ3n) is 3.58. The molecule has 1 aromatic carbocycles. The van der Waals surface area contributed by atoms with Crippen molar-refractivity contribution in [2.45, 2.75) is 25.8 Å². The van der Waals surface area contributed by atoms with Crippen LogP contribution in [0.25, 0.3) is 22.6 Å². The van der Waals surface area contributed by atoms with Crippen LogP contribution >= 0.6 is 0 Å². The number of hydrogen-bond donors (Lipinski definition) is 1. The summed E-state index contributed by atoms with van der Waals surface area (Å²) in [5, 5.41) is 0. The first-order valence-corrected chi connectivity index (χ1v) is 6.90. The van der Waals surface area contributed by atoms with Gasteiger partial charge in [-0.25, -0.2) is 4.98 Å². The first-order chi connectivity index (χ1) is 9.65. The van der Waals surface area contributed by atoms with E-state index in [1.807, 2.05) is 26.1 Å². The molecular weight excluding hydrogens is 250 g/mol. The Morgan fingerprint density at radius 1 is 1.35 bits per heavy atom. The van der Waals surface area contributed by atoms with E-state index in [0.717, 1.165) is 35.5 Å². The molecule has 2 N–H and O–H groups in total. The second kappa shape index (κ2) is 5.13. The monoisotopic (exact) mass is 269 g/mol. The molecule has 0 saturated heterocycles. The van der Waals surface area contributed by atoms with Crippen molar-refractivity contribution in [1.29, 1.82) is 0 Å². The van der Waals surface area contributed by atoms with E-state index in [9.17, 15) is 0 Å². The Balaban J connectivity index is 1.99. The fraction of sp³-hybridized carbons (Fsp3) is 0.312. The van der Waals surface area contributed by atoms with Gasteiger partial charge < -0.3 is 14.7 Å². The molecule has 2 heterocycles. The smallest absolute Gasteiger partial charge is 0.176 e. The molecule has 20 heavy (non-hydrogen) atoms. The maximum absolute atomic E-state index is 5.81. The van der Waals surface area contributed by atoms with Crippen molar-refractivity contribution in [2.75, 3.05) is 0 Å². The highest BCUT2D eigenvalue weighted by atomic mass is 16.3. The predicted octanol–water partition coefficient (Wildman–Crippen LogP) is 3.11. The Kier molecular flexibility index (Phi) is 3.32. The summed E-state index contributed by atoms with van der Waals surface area (Å²) in [5.41, 5.74) is 9.20. The van der Waals surface area contributed by atoms with Gasteiger partial charge in [-0.15, -0.1) is 0 Å². The number of fused-ring (bicyclic) bond motifs is 1. The summed E-state index contributed by atoms with van der Waals surface area (Å²) in [6, 6.07) is 10.4. The lowest BCUT2D eigenvalue weighted by molar-refractivity contribution is 0.574. The molecule has 0 spiro atoms. The van der Waals surface area contributed by atoms with Gasteiger partial charge in [0.1, 0.15) is 0 Å². The highest BCUT2D eigenvalue weighted by molar-refractivity contribution is 5.80. The van der Waals surface area contributed by atoms with Gasteiger partial charge >= 0.3 is 0 Å². The van der Waals surface area contributed by atoms with Crippen molar-refractivity contribution in [2.24, 2.45) is 12.8 Å². The van der Waals surface area contributed by atoms with Crippen LogP contribution in [0.15, 0.2) is 41.0 Å². The maximum Gasteiger partial charge on any atom is 0.176 e. The molecule has 104 valence electrons. The van der Waals surface area contributed by atoms with E-state index < -0.39 is 0 Å². The number of benzene rings is 1. The topological polar surface area (TPSA) is 57.0 Å². The number of nitrogens with two attached hydrogens (primary N) is 1. The van der Waals surface area contributed by atoms with E-state index in [2.05, 4.69) is 27.8 Å². The van der Waals surface area contributed by atoms with Crippen LogP contribution in [0.2, 0.25) is 0 Å². The van der Waals surface area contributed by atoms with Crippen molar-refractivity contribution >= 4 is 11.0 Å². The Hall–Kier alpha value is -2.07. The number of nitrogens with zero attached hydrogens (tertiary/aromatic N) is 2. The van der Waals surface area contributed by atoms with Crippen molar-refractivity contribution in [3.8, 4) is 11.6 Å². The number of aryl methyl sites for hydroxylation is 2. The Labute approximate surface area is 118 Å². The van der Waals surface area contributed by atoms with Crippen LogP contribution in [0.3, 0.4) is 0 Å². The van der Waals surface area contributed by atoms with Crippen LogP contribution in [-0.2, 0) is 13.5 Å². The van der Waals surface area contributed by atoms with Gasteiger partial charge in [0.25, 0.3) is 0 Å². The zero-order valence-corrected chi connectivity index (χ0v) is 11.8. The molecule has 3 rings (SSSR count). The molecule has 4 heteroatoms. The molecule has 2 aromatic heterocycles. The third-order valence-corrected chi connectivity index (χ3v) is 3.58. The van der Waals surface area contributed by atoms with Gasteiger partial charge in [0.05, 0.1) is 17.3 Å². The van der Waals surface area contributed by atoms with E-state index in [4.69, 9.17) is 10.2 Å². The quantitative estimate of drug-likeness (QED) is 0.791. The van der Waals surface area contributed by atoms with Crippen LogP contribution in [-0.4, -0.2) is 15.6 Å². The van der Waals surface area contributed by atoms with Gasteiger partial charge in [-0.1, -0.05) is 6.07 Å². The van der Waals surface area contributed by atoms with Crippen LogP contribution in [0.4, 0.5) is 0 Å². The second-order valence-electron chi connectivity index (χ2n) is 5.31. The molecule has 0 aliphatic carbocycles. The molecular formula is C16H19N3O. The number of imidazole rings is 1. The average molecular weight is 269 g/mol. The summed E-state index contributed by atoms with van der Waals surface area (Å²) in [4.78, 5) is 4.68. The van der Waals surface area contributed by atoms with Crippen molar-refractivity contribution in [3.63, 3.8) is 0 Å². The molecule has 0 amide bonds. The standard InChI is InChI=1S/C16H19N3O/c1-11(17)5-6-12-7-8-14-13(10-12)18-16(19(14)2)15-4-3-9-20-15/h3-4,7-11H,5-6,17H2,1-2H3. The first-order valence-electron chi connectivity index (χ1n) is 6.90. The highest BCUT2D eigenvalue weighted by Crippen LogP contribution is 2.25. The molecule has 0 radical (unpaired) electrons. The zero-order valence-electron chi connectivity index (χ0n) is 11.8. The number of aromatic nitrogens is 2.